The van der Waals surface area contributed by atoms with E-state index >= 15 is 0 Å². The van der Waals surface area contributed by atoms with Gasteiger partial charge in [-0.25, -0.2) is 4.98 Å². The van der Waals surface area contributed by atoms with Gasteiger partial charge in [0.05, 0.1) is 12.0 Å². The molecule has 1 aromatic rings. The fourth-order valence-electron chi connectivity index (χ4n) is 1.64. The molecule has 3 nitrogen and oxygen atoms in total. The fraction of sp³-hybridized carbons (Fsp3) is 0.727. The number of rotatable bonds is 5. The maximum absolute atomic E-state index is 4.26. The van der Waals surface area contributed by atoms with Crippen LogP contribution in [0.1, 0.15) is 38.6 Å². The zero-order valence-electron chi connectivity index (χ0n) is 9.59. The third-order valence-electron chi connectivity index (χ3n) is 2.71. The first-order chi connectivity index (χ1) is 6.65. The molecule has 0 saturated heterocycles. The average Bonchev–Trinajstić information content (AvgIpc) is 2.52. The van der Waals surface area contributed by atoms with Crippen molar-refractivity contribution in [3.63, 3.8) is 0 Å². The highest BCUT2D eigenvalue weighted by Crippen LogP contribution is 2.07. The minimum absolute atomic E-state index is 0.589. The first kappa shape index (κ1) is 11.2. The van der Waals surface area contributed by atoms with Crippen molar-refractivity contribution in [1.82, 2.24) is 15.3 Å². The van der Waals surface area contributed by atoms with Gasteiger partial charge in [-0.2, -0.15) is 0 Å². The number of nitrogens with one attached hydrogen (secondary N) is 2. The zero-order chi connectivity index (χ0) is 10.6. The third-order valence-corrected chi connectivity index (χ3v) is 2.71. The predicted molar refractivity (Wildman–Crippen MR) is 59.1 cm³/mol. The maximum Gasteiger partial charge on any atom is 0.0925 e. The van der Waals surface area contributed by atoms with Crippen molar-refractivity contribution in [2.45, 2.75) is 46.7 Å². The van der Waals surface area contributed by atoms with E-state index in [-0.39, 0.29) is 0 Å². The van der Waals surface area contributed by atoms with Gasteiger partial charge in [-0.1, -0.05) is 20.8 Å². The molecule has 2 N–H and O–H groups in total. The van der Waals surface area contributed by atoms with Crippen LogP contribution in [0.25, 0.3) is 0 Å². The molecule has 0 fully saturated rings. The van der Waals surface area contributed by atoms with Crippen LogP contribution in [0.3, 0.4) is 0 Å². The van der Waals surface area contributed by atoms with Crippen LogP contribution in [0.2, 0.25) is 0 Å². The molecule has 0 spiro atoms. The summed E-state index contributed by atoms with van der Waals surface area (Å²) in [4.78, 5) is 7.35. The summed E-state index contributed by atoms with van der Waals surface area (Å²) in [5.74, 6) is 0.680. The van der Waals surface area contributed by atoms with Gasteiger partial charge in [0.1, 0.15) is 0 Å². The second-order valence-electron chi connectivity index (χ2n) is 4.11. The molecule has 0 aromatic carbocycles. The van der Waals surface area contributed by atoms with Crippen LogP contribution in [0.4, 0.5) is 0 Å². The van der Waals surface area contributed by atoms with Crippen molar-refractivity contribution in [2.24, 2.45) is 5.92 Å². The second-order valence-corrected chi connectivity index (χ2v) is 4.11. The van der Waals surface area contributed by atoms with Crippen LogP contribution in [-0.4, -0.2) is 16.0 Å². The standard InChI is InChI=1S/C11H21N3/c1-5-10(8(2)3)12-6-11-9(4)13-7-14-11/h7-8,10,12H,5-6H2,1-4H3,(H,13,14). The molecular weight excluding hydrogens is 174 g/mol. The first-order valence-corrected chi connectivity index (χ1v) is 5.37. The topological polar surface area (TPSA) is 40.7 Å². The minimum atomic E-state index is 0.589. The van der Waals surface area contributed by atoms with E-state index < -0.39 is 0 Å². The number of hydrogen-bond acceptors (Lipinski definition) is 2. The normalized spacial score (nSPS) is 13.5. The molecule has 1 heterocycles. The molecule has 0 amide bonds. The minimum Gasteiger partial charge on any atom is -0.348 e. The molecule has 0 radical (unpaired) electrons. The van der Waals surface area contributed by atoms with Gasteiger partial charge in [-0.15, -0.1) is 0 Å². The van der Waals surface area contributed by atoms with E-state index in [0.29, 0.717) is 12.0 Å². The summed E-state index contributed by atoms with van der Waals surface area (Å²) < 4.78 is 0. The van der Waals surface area contributed by atoms with Crippen molar-refractivity contribution in [3.05, 3.63) is 17.7 Å². The Balaban J connectivity index is 2.43. The van der Waals surface area contributed by atoms with Crippen molar-refractivity contribution >= 4 is 0 Å². The zero-order valence-corrected chi connectivity index (χ0v) is 9.59. The first-order valence-electron chi connectivity index (χ1n) is 5.37. The molecule has 14 heavy (non-hydrogen) atoms. The Morgan fingerprint density at radius 1 is 1.50 bits per heavy atom. The maximum atomic E-state index is 4.26. The van der Waals surface area contributed by atoms with E-state index in [1.165, 1.54) is 6.42 Å². The quantitative estimate of drug-likeness (QED) is 0.756. The molecule has 0 saturated carbocycles. The van der Waals surface area contributed by atoms with Gasteiger partial charge in [0.15, 0.2) is 0 Å². The van der Waals surface area contributed by atoms with Gasteiger partial charge < -0.3 is 10.3 Å². The van der Waals surface area contributed by atoms with E-state index in [0.717, 1.165) is 17.9 Å². The number of H-pyrrole nitrogens is 1. The Labute approximate surface area is 86.3 Å². The summed E-state index contributed by atoms with van der Waals surface area (Å²) in [7, 11) is 0. The van der Waals surface area contributed by atoms with E-state index in [4.69, 9.17) is 0 Å². The summed E-state index contributed by atoms with van der Waals surface area (Å²) >= 11 is 0. The van der Waals surface area contributed by atoms with Gasteiger partial charge in [-0.3, -0.25) is 0 Å². The van der Waals surface area contributed by atoms with Crippen LogP contribution < -0.4 is 5.32 Å². The van der Waals surface area contributed by atoms with E-state index in [1.807, 2.05) is 0 Å². The lowest BCUT2D eigenvalue weighted by molar-refractivity contribution is 0.385. The van der Waals surface area contributed by atoms with Gasteiger partial charge in [0.2, 0.25) is 0 Å². The highest BCUT2D eigenvalue weighted by molar-refractivity contribution is 5.08. The number of aromatic amines is 1. The number of aromatic nitrogens is 2. The summed E-state index contributed by atoms with van der Waals surface area (Å²) in [5.41, 5.74) is 2.29. The summed E-state index contributed by atoms with van der Waals surface area (Å²) in [5, 5.41) is 3.53. The van der Waals surface area contributed by atoms with Crippen molar-refractivity contribution in [3.8, 4) is 0 Å². The summed E-state index contributed by atoms with van der Waals surface area (Å²) in [6.45, 7) is 9.64. The molecular formula is C11H21N3. The number of aryl methyl sites for hydroxylation is 1. The third kappa shape index (κ3) is 2.84. The van der Waals surface area contributed by atoms with Crippen LogP contribution in [-0.2, 0) is 6.54 Å². The van der Waals surface area contributed by atoms with Gasteiger partial charge in [-0.05, 0) is 19.3 Å². The Morgan fingerprint density at radius 2 is 2.21 bits per heavy atom. The van der Waals surface area contributed by atoms with E-state index in [2.05, 4.69) is 43.0 Å². The van der Waals surface area contributed by atoms with Crippen molar-refractivity contribution in [1.29, 1.82) is 0 Å². The Hall–Kier alpha value is -0.830. The van der Waals surface area contributed by atoms with Crippen LogP contribution in [0.15, 0.2) is 6.33 Å². The molecule has 3 heteroatoms. The lowest BCUT2D eigenvalue weighted by atomic mass is 10.0. The molecule has 0 aliphatic heterocycles. The predicted octanol–water partition coefficient (Wildman–Crippen LogP) is 2.24. The van der Waals surface area contributed by atoms with Crippen LogP contribution in [0.5, 0.6) is 0 Å². The lowest BCUT2D eigenvalue weighted by Crippen LogP contribution is -2.32. The van der Waals surface area contributed by atoms with E-state index in [9.17, 15) is 0 Å². The number of imidazole rings is 1. The Kier molecular flexibility index (Phi) is 4.14. The monoisotopic (exact) mass is 195 g/mol. The Bertz CT molecular complexity index is 265. The molecule has 80 valence electrons. The number of nitrogens with zero attached hydrogens (tertiary/aromatic N) is 1. The van der Waals surface area contributed by atoms with Crippen LogP contribution in [0, 0.1) is 12.8 Å². The molecule has 1 aromatic heterocycles. The van der Waals surface area contributed by atoms with Gasteiger partial charge in [0, 0.05) is 18.3 Å². The molecule has 0 bridgehead atoms. The van der Waals surface area contributed by atoms with Gasteiger partial charge in [0.25, 0.3) is 0 Å². The molecule has 0 aliphatic rings. The molecule has 0 aliphatic carbocycles. The van der Waals surface area contributed by atoms with E-state index in [1.54, 1.807) is 6.33 Å². The highest BCUT2D eigenvalue weighted by atomic mass is 15.0. The SMILES string of the molecule is CCC(NCc1nc[nH]c1C)C(C)C. The molecule has 1 atom stereocenters. The highest BCUT2D eigenvalue weighted by Gasteiger charge is 2.10. The largest absolute Gasteiger partial charge is 0.348 e. The molecule has 1 rings (SSSR count). The molecule has 1 unspecified atom stereocenters. The lowest BCUT2D eigenvalue weighted by Gasteiger charge is -2.20. The summed E-state index contributed by atoms with van der Waals surface area (Å²) in [6, 6.07) is 0.589. The average molecular weight is 195 g/mol. The summed E-state index contributed by atoms with van der Waals surface area (Å²) in [6.07, 6.45) is 2.92. The van der Waals surface area contributed by atoms with Crippen molar-refractivity contribution in [2.75, 3.05) is 0 Å². The van der Waals surface area contributed by atoms with Gasteiger partial charge >= 0.3 is 0 Å². The van der Waals surface area contributed by atoms with Crippen molar-refractivity contribution < 1.29 is 0 Å². The second kappa shape index (κ2) is 5.15. The fourth-order valence-corrected chi connectivity index (χ4v) is 1.64. The number of hydrogen-bond donors (Lipinski definition) is 2. The Morgan fingerprint density at radius 3 is 2.64 bits per heavy atom. The smallest absolute Gasteiger partial charge is 0.0925 e. The van der Waals surface area contributed by atoms with Crippen LogP contribution >= 0.6 is 0 Å².